The lowest BCUT2D eigenvalue weighted by Gasteiger charge is -2.39. The molecule has 0 amide bonds. The lowest BCUT2D eigenvalue weighted by molar-refractivity contribution is 0.615. The van der Waals surface area contributed by atoms with Gasteiger partial charge in [-0.25, -0.2) is 4.98 Å². The summed E-state index contributed by atoms with van der Waals surface area (Å²) < 4.78 is 1.04. The van der Waals surface area contributed by atoms with Crippen molar-refractivity contribution in [1.82, 2.24) is 10.3 Å². The van der Waals surface area contributed by atoms with Gasteiger partial charge in [-0.3, -0.25) is 0 Å². The summed E-state index contributed by atoms with van der Waals surface area (Å²) in [5.41, 5.74) is 1.26. The zero-order valence-corrected chi connectivity index (χ0v) is 13.5. The minimum Gasteiger partial charge on any atom is -0.352 e. The summed E-state index contributed by atoms with van der Waals surface area (Å²) in [6.07, 6.45) is 1.90. The molecule has 2 heterocycles. The first-order valence-electron chi connectivity index (χ1n) is 6.30. The van der Waals surface area contributed by atoms with Crippen molar-refractivity contribution in [3.63, 3.8) is 0 Å². The molecule has 1 saturated heterocycles. The maximum Gasteiger partial charge on any atom is 0.133 e. The molecule has 1 fully saturated rings. The number of pyridine rings is 1. The molecule has 0 aliphatic carbocycles. The second-order valence-electron chi connectivity index (χ2n) is 4.68. The molecule has 3 nitrogen and oxygen atoms in total. The van der Waals surface area contributed by atoms with Gasteiger partial charge in [0.1, 0.15) is 5.82 Å². The van der Waals surface area contributed by atoms with E-state index in [-0.39, 0.29) is 0 Å². The highest BCUT2D eigenvalue weighted by atomic mass is 79.9. The highest BCUT2D eigenvalue weighted by Gasteiger charge is 2.27. The fourth-order valence-electron chi connectivity index (χ4n) is 2.29. The fraction of sp³-hybridized carbons (Fsp3) is 0.615. The van der Waals surface area contributed by atoms with Gasteiger partial charge in [-0.2, -0.15) is 11.8 Å². The van der Waals surface area contributed by atoms with Crippen molar-refractivity contribution in [2.24, 2.45) is 0 Å². The van der Waals surface area contributed by atoms with Crippen LogP contribution >= 0.6 is 27.7 Å². The lowest BCUT2D eigenvalue weighted by atomic mass is 10.1. The molecule has 0 spiro atoms. The number of rotatable bonds is 3. The van der Waals surface area contributed by atoms with Crippen LogP contribution in [-0.2, 0) is 6.54 Å². The number of hydrogen-bond donors (Lipinski definition) is 1. The molecule has 2 unspecified atom stereocenters. The maximum atomic E-state index is 4.64. The summed E-state index contributed by atoms with van der Waals surface area (Å²) in [6.45, 7) is 6.54. The van der Waals surface area contributed by atoms with E-state index in [1.54, 1.807) is 0 Å². The molecule has 1 N–H and O–H groups in total. The van der Waals surface area contributed by atoms with Gasteiger partial charge in [0.2, 0.25) is 0 Å². The third-order valence-corrected chi connectivity index (χ3v) is 5.20. The van der Waals surface area contributed by atoms with Crippen LogP contribution in [0.3, 0.4) is 0 Å². The van der Waals surface area contributed by atoms with Crippen LogP contribution in [-0.4, -0.2) is 35.6 Å². The Bertz CT molecular complexity index is 413. The first-order chi connectivity index (χ1) is 8.63. The summed E-state index contributed by atoms with van der Waals surface area (Å²) >= 11 is 5.56. The molecule has 1 aromatic heterocycles. The molecule has 1 aromatic rings. The van der Waals surface area contributed by atoms with E-state index in [9.17, 15) is 0 Å². The molecule has 2 rings (SSSR count). The van der Waals surface area contributed by atoms with Gasteiger partial charge in [0.25, 0.3) is 0 Å². The standard InChI is InChI=1S/C13H20BrN3S/c1-9-10(2)18-5-4-17(9)13-11(7-15-3)6-12(14)8-16-13/h6,8-10,15H,4-5,7H2,1-3H3. The Kier molecular flexibility index (Phi) is 4.92. The first kappa shape index (κ1) is 14.2. The van der Waals surface area contributed by atoms with E-state index in [2.05, 4.69) is 62.8 Å². The first-order valence-corrected chi connectivity index (χ1v) is 8.15. The number of hydrogen-bond acceptors (Lipinski definition) is 4. The van der Waals surface area contributed by atoms with Crippen LogP contribution in [0.1, 0.15) is 19.4 Å². The van der Waals surface area contributed by atoms with Crippen LogP contribution in [0, 0.1) is 0 Å². The Morgan fingerprint density at radius 3 is 3.06 bits per heavy atom. The molecule has 1 aliphatic heterocycles. The number of nitrogens with one attached hydrogen (secondary N) is 1. The van der Waals surface area contributed by atoms with Gasteiger partial charge in [-0.05, 0) is 36.0 Å². The average molecular weight is 330 g/mol. The van der Waals surface area contributed by atoms with Gasteiger partial charge in [0.15, 0.2) is 0 Å². The van der Waals surface area contributed by atoms with Crippen molar-refractivity contribution in [1.29, 1.82) is 0 Å². The van der Waals surface area contributed by atoms with E-state index >= 15 is 0 Å². The highest BCUT2D eigenvalue weighted by molar-refractivity contribution is 9.10. The predicted octanol–water partition coefficient (Wildman–Crippen LogP) is 2.89. The van der Waals surface area contributed by atoms with E-state index < -0.39 is 0 Å². The van der Waals surface area contributed by atoms with Gasteiger partial charge in [0.05, 0.1) is 0 Å². The van der Waals surface area contributed by atoms with Crippen molar-refractivity contribution >= 4 is 33.5 Å². The minimum atomic E-state index is 0.535. The maximum absolute atomic E-state index is 4.64. The zero-order chi connectivity index (χ0) is 13.1. The van der Waals surface area contributed by atoms with Crippen molar-refractivity contribution in [3.05, 3.63) is 22.3 Å². The van der Waals surface area contributed by atoms with Gasteiger partial charge >= 0.3 is 0 Å². The largest absolute Gasteiger partial charge is 0.352 e. The normalized spacial score (nSPS) is 24.3. The second kappa shape index (κ2) is 6.26. The summed E-state index contributed by atoms with van der Waals surface area (Å²) in [5.74, 6) is 2.31. The monoisotopic (exact) mass is 329 g/mol. The third-order valence-electron chi connectivity index (χ3n) is 3.43. The molecule has 0 radical (unpaired) electrons. The highest BCUT2D eigenvalue weighted by Crippen LogP contribution is 2.30. The molecule has 0 aromatic carbocycles. The summed E-state index contributed by atoms with van der Waals surface area (Å²) in [4.78, 5) is 7.08. The molecule has 2 atom stereocenters. The smallest absolute Gasteiger partial charge is 0.133 e. The van der Waals surface area contributed by atoms with Crippen LogP contribution in [0.15, 0.2) is 16.7 Å². The van der Waals surface area contributed by atoms with Crippen molar-refractivity contribution in [2.75, 3.05) is 24.2 Å². The Balaban J connectivity index is 2.31. The fourth-order valence-corrected chi connectivity index (χ4v) is 3.76. The number of aromatic nitrogens is 1. The summed E-state index contributed by atoms with van der Waals surface area (Å²) in [5, 5.41) is 3.88. The molecule has 100 valence electrons. The molecule has 1 aliphatic rings. The molecule has 0 bridgehead atoms. The van der Waals surface area contributed by atoms with Crippen molar-refractivity contribution < 1.29 is 0 Å². The lowest BCUT2D eigenvalue weighted by Crippen LogP contribution is -2.45. The molecule has 0 saturated carbocycles. The topological polar surface area (TPSA) is 28.2 Å². The summed E-state index contributed by atoms with van der Waals surface area (Å²) in [7, 11) is 1.97. The Morgan fingerprint density at radius 2 is 2.33 bits per heavy atom. The van der Waals surface area contributed by atoms with Crippen LogP contribution in [0.4, 0.5) is 5.82 Å². The van der Waals surface area contributed by atoms with E-state index in [0.29, 0.717) is 11.3 Å². The van der Waals surface area contributed by atoms with E-state index in [1.165, 1.54) is 11.3 Å². The molecular formula is C13H20BrN3S. The molecule has 5 heteroatoms. The van der Waals surface area contributed by atoms with Gasteiger partial charge in [0, 0.05) is 46.4 Å². The molecular weight excluding hydrogens is 310 g/mol. The van der Waals surface area contributed by atoms with Crippen LogP contribution in [0.5, 0.6) is 0 Å². The molecule has 18 heavy (non-hydrogen) atoms. The number of halogens is 1. The second-order valence-corrected chi connectivity index (χ2v) is 7.08. The average Bonchev–Trinajstić information content (AvgIpc) is 2.34. The number of nitrogens with zero attached hydrogens (tertiary/aromatic N) is 2. The SMILES string of the molecule is CNCc1cc(Br)cnc1N1CCSC(C)C1C. The van der Waals surface area contributed by atoms with Crippen LogP contribution in [0.25, 0.3) is 0 Å². The van der Waals surface area contributed by atoms with E-state index in [4.69, 9.17) is 0 Å². The van der Waals surface area contributed by atoms with Gasteiger partial charge < -0.3 is 10.2 Å². The zero-order valence-electron chi connectivity index (χ0n) is 11.1. The van der Waals surface area contributed by atoms with Gasteiger partial charge in [-0.15, -0.1) is 0 Å². The summed E-state index contributed by atoms with van der Waals surface area (Å²) in [6, 6.07) is 2.70. The minimum absolute atomic E-state index is 0.535. The van der Waals surface area contributed by atoms with E-state index in [0.717, 1.165) is 23.4 Å². The van der Waals surface area contributed by atoms with Crippen LogP contribution in [0.2, 0.25) is 0 Å². The predicted molar refractivity (Wildman–Crippen MR) is 83.4 cm³/mol. The van der Waals surface area contributed by atoms with Gasteiger partial charge in [-0.1, -0.05) is 6.92 Å². The van der Waals surface area contributed by atoms with Crippen LogP contribution < -0.4 is 10.2 Å². The Labute approximate surface area is 122 Å². The quantitative estimate of drug-likeness (QED) is 0.922. The third kappa shape index (κ3) is 3.00. The van der Waals surface area contributed by atoms with Crippen molar-refractivity contribution in [3.8, 4) is 0 Å². The Morgan fingerprint density at radius 1 is 1.56 bits per heavy atom. The van der Waals surface area contributed by atoms with Crippen molar-refractivity contribution in [2.45, 2.75) is 31.7 Å². The van der Waals surface area contributed by atoms with E-state index in [1.807, 2.05) is 13.2 Å². The number of thioether (sulfide) groups is 1. The number of anilines is 1. The Hall–Kier alpha value is -0.260.